The predicted molar refractivity (Wildman–Crippen MR) is 43.2 cm³/mol. The first-order chi connectivity index (χ1) is 5.20. The molecule has 1 saturated heterocycles. The summed E-state index contributed by atoms with van der Waals surface area (Å²) >= 11 is 0. The van der Waals surface area contributed by atoms with Crippen molar-refractivity contribution in [1.29, 1.82) is 0 Å². The highest BCUT2D eigenvalue weighted by molar-refractivity contribution is 7.92. The van der Waals surface area contributed by atoms with Crippen molar-refractivity contribution < 1.29 is 8.42 Å². The lowest BCUT2D eigenvalue weighted by Crippen LogP contribution is -2.49. The summed E-state index contributed by atoms with van der Waals surface area (Å²) in [6.45, 7) is 0.656. The lowest BCUT2D eigenvalue weighted by molar-refractivity contribution is 0.491. The Morgan fingerprint density at radius 1 is 1.27 bits per heavy atom. The lowest BCUT2D eigenvalue weighted by atomic mass is 10.2. The molecule has 1 N–H and O–H groups in total. The first-order valence-electron chi connectivity index (χ1n) is 4.15. The van der Waals surface area contributed by atoms with E-state index in [4.69, 9.17) is 0 Å². The van der Waals surface area contributed by atoms with Gasteiger partial charge in [-0.05, 0) is 12.8 Å². The number of nitrogens with one attached hydrogen (secondary N) is 1. The van der Waals surface area contributed by atoms with Gasteiger partial charge in [0.1, 0.15) is 0 Å². The van der Waals surface area contributed by atoms with E-state index >= 15 is 0 Å². The minimum absolute atomic E-state index is 0.0590. The molecule has 2 rings (SSSR count). The van der Waals surface area contributed by atoms with Crippen LogP contribution in [0.15, 0.2) is 0 Å². The van der Waals surface area contributed by atoms with Crippen molar-refractivity contribution in [3.8, 4) is 0 Å². The summed E-state index contributed by atoms with van der Waals surface area (Å²) in [5.74, 6) is 0.341. The summed E-state index contributed by atoms with van der Waals surface area (Å²) in [5, 5.41) is 3.20. The SMILES string of the molecule is O=S1(=O)CCNC2CCCC21. The fourth-order valence-electron chi connectivity index (χ4n) is 2.13. The highest BCUT2D eigenvalue weighted by Crippen LogP contribution is 2.27. The number of rotatable bonds is 0. The molecule has 3 nitrogen and oxygen atoms in total. The fraction of sp³-hybridized carbons (Fsp3) is 1.00. The summed E-state index contributed by atoms with van der Waals surface area (Å²) in [4.78, 5) is 0. The van der Waals surface area contributed by atoms with Crippen LogP contribution < -0.4 is 5.32 Å². The van der Waals surface area contributed by atoms with Crippen molar-refractivity contribution in [2.45, 2.75) is 30.6 Å². The molecule has 0 aromatic rings. The minimum Gasteiger partial charge on any atom is -0.312 e. The fourth-order valence-corrected chi connectivity index (χ4v) is 4.09. The predicted octanol–water partition coefficient (Wildman–Crippen LogP) is -0.0745. The van der Waals surface area contributed by atoms with E-state index in [1.54, 1.807) is 0 Å². The molecule has 0 bridgehead atoms. The van der Waals surface area contributed by atoms with Crippen LogP contribution in [0.5, 0.6) is 0 Å². The summed E-state index contributed by atoms with van der Waals surface area (Å²) in [7, 11) is -2.72. The van der Waals surface area contributed by atoms with Gasteiger partial charge in [0.05, 0.1) is 11.0 Å². The Labute approximate surface area is 67.1 Å². The van der Waals surface area contributed by atoms with Gasteiger partial charge in [0.25, 0.3) is 0 Å². The Balaban J connectivity index is 2.26. The molecule has 1 saturated carbocycles. The Morgan fingerprint density at radius 2 is 2.09 bits per heavy atom. The van der Waals surface area contributed by atoms with Crippen molar-refractivity contribution >= 4 is 9.84 Å². The van der Waals surface area contributed by atoms with Crippen LogP contribution in [0, 0.1) is 0 Å². The normalized spacial score (nSPS) is 41.8. The van der Waals surface area contributed by atoms with Crippen molar-refractivity contribution in [2.24, 2.45) is 0 Å². The van der Waals surface area contributed by atoms with Crippen molar-refractivity contribution in [2.75, 3.05) is 12.3 Å². The van der Waals surface area contributed by atoms with Crippen LogP contribution >= 0.6 is 0 Å². The second kappa shape index (κ2) is 2.45. The van der Waals surface area contributed by atoms with Crippen molar-refractivity contribution in [1.82, 2.24) is 5.32 Å². The van der Waals surface area contributed by atoms with E-state index in [0.29, 0.717) is 12.3 Å². The van der Waals surface area contributed by atoms with Gasteiger partial charge < -0.3 is 5.32 Å². The molecule has 2 unspecified atom stereocenters. The Hall–Kier alpha value is -0.0900. The smallest absolute Gasteiger partial charge is 0.155 e. The van der Waals surface area contributed by atoms with E-state index in [-0.39, 0.29) is 11.3 Å². The molecule has 2 aliphatic rings. The molecule has 2 fully saturated rings. The summed E-state index contributed by atoms with van der Waals surface area (Å²) < 4.78 is 22.8. The van der Waals surface area contributed by atoms with E-state index in [1.807, 2.05) is 0 Å². The van der Waals surface area contributed by atoms with Crippen LogP contribution in [0.3, 0.4) is 0 Å². The number of fused-ring (bicyclic) bond motifs is 1. The summed E-state index contributed by atoms with van der Waals surface area (Å²) in [6, 6.07) is 0.272. The molecule has 2 atom stereocenters. The Morgan fingerprint density at radius 3 is 2.82 bits per heavy atom. The van der Waals surface area contributed by atoms with Gasteiger partial charge in [-0.15, -0.1) is 0 Å². The molecule has 64 valence electrons. The van der Waals surface area contributed by atoms with Crippen LogP contribution in [0.25, 0.3) is 0 Å². The topological polar surface area (TPSA) is 46.2 Å². The maximum absolute atomic E-state index is 11.4. The van der Waals surface area contributed by atoms with Crippen LogP contribution in [-0.4, -0.2) is 32.0 Å². The largest absolute Gasteiger partial charge is 0.312 e. The summed E-state index contributed by atoms with van der Waals surface area (Å²) in [5.41, 5.74) is 0. The molecule has 0 aromatic carbocycles. The van der Waals surface area contributed by atoms with Gasteiger partial charge >= 0.3 is 0 Å². The zero-order valence-corrected chi connectivity index (χ0v) is 7.23. The number of hydrogen-bond acceptors (Lipinski definition) is 3. The van der Waals surface area contributed by atoms with Crippen LogP contribution in [0.4, 0.5) is 0 Å². The molecule has 4 heteroatoms. The zero-order chi connectivity index (χ0) is 7.90. The third-order valence-electron chi connectivity index (χ3n) is 2.71. The molecule has 0 amide bonds. The molecule has 11 heavy (non-hydrogen) atoms. The molecular formula is C7H13NO2S. The molecule has 0 spiro atoms. The average molecular weight is 175 g/mol. The van der Waals surface area contributed by atoms with E-state index in [2.05, 4.69) is 5.32 Å². The maximum Gasteiger partial charge on any atom is 0.155 e. The van der Waals surface area contributed by atoms with Crippen molar-refractivity contribution in [3.63, 3.8) is 0 Å². The monoisotopic (exact) mass is 175 g/mol. The Bertz CT molecular complexity index is 247. The van der Waals surface area contributed by atoms with Crippen LogP contribution in [-0.2, 0) is 9.84 Å². The first kappa shape index (κ1) is 7.55. The van der Waals surface area contributed by atoms with Crippen LogP contribution in [0.1, 0.15) is 19.3 Å². The highest BCUT2D eigenvalue weighted by Gasteiger charge is 2.39. The van der Waals surface area contributed by atoms with E-state index in [0.717, 1.165) is 19.3 Å². The van der Waals surface area contributed by atoms with Gasteiger partial charge in [-0.2, -0.15) is 0 Å². The Kier molecular flexibility index (Phi) is 1.68. The third kappa shape index (κ3) is 1.18. The van der Waals surface area contributed by atoms with Gasteiger partial charge in [-0.1, -0.05) is 6.42 Å². The molecular weight excluding hydrogens is 162 g/mol. The maximum atomic E-state index is 11.4. The molecule has 1 aliphatic carbocycles. The number of hydrogen-bond donors (Lipinski definition) is 1. The lowest BCUT2D eigenvalue weighted by Gasteiger charge is -2.26. The van der Waals surface area contributed by atoms with Gasteiger partial charge in [0, 0.05) is 12.6 Å². The zero-order valence-electron chi connectivity index (χ0n) is 6.41. The summed E-state index contributed by atoms with van der Waals surface area (Å²) in [6.07, 6.45) is 2.99. The molecule has 0 radical (unpaired) electrons. The van der Waals surface area contributed by atoms with Crippen molar-refractivity contribution in [3.05, 3.63) is 0 Å². The standard InChI is InChI=1S/C7H13NO2S/c9-11(10)5-4-8-6-2-1-3-7(6)11/h6-8H,1-5H2. The quantitative estimate of drug-likeness (QED) is 0.560. The van der Waals surface area contributed by atoms with Gasteiger partial charge in [0.2, 0.25) is 0 Å². The number of sulfone groups is 1. The first-order valence-corrected chi connectivity index (χ1v) is 5.87. The molecule has 0 aromatic heterocycles. The second-order valence-electron chi connectivity index (χ2n) is 3.40. The minimum atomic E-state index is -2.72. The highest BCUT2D eigenvalue weighted by atomic mass is 32.2. The van der Waals surface area contributed by atoms with Gasteiger partial charge in [-0.25, -0.2) is 8.42 Å². The van der Waals surface area contributed by atoms with Gasteiger partial charge in [-0.3, -0.25) is 0 Å². The molecule has 1 heterocycles. The second-order valence-corrected chi connectivity index (χ2v) is 5.74. The van der Waals surface area contributed by atoms with E-state index in [1.165, 1.54) is 0 Å². The van der Waals surface area contributed by atoms with E-state index in [9.17, 15) is 8.42 Å². The van der Waals surface area contributed by atoms with E-state index < -0.39 is 9.84 Å². The van der Waals surface area contributed by atoms with Crippen LogP contribution in [0.2, 0.25) is 0 Å². The average Bonchev–Trinajstić information content (AvgIpc) is 2.34. The van der Waals surface area contributed by atoms with Gasteiger partial charge in [0.15, 0.2) is 9.84 Å². The third-order valence-corrected chi connectivity index (χ3v) is 4.97. The molecule has 1 aliphatic heterocycles.